The lowest BCUT2D eigenvalue weighted by atomic mass is 9.88. The minimum Gasteiger partial charge on any atom is -0.351 e. The number of amides is 2. The number of benzene rings is 1. The lowest BCUT2D eigenvalue weighted by Crippen LogP contribution is -2.25. The molecule has 3 rings (SSSR count). The Bertz CT molecular complexity index is 689. The zero-order valence-corrected chi connectivity index (χ0v) is 15.1. The Labute approximate surface area is 152 Å². The number of carbonyl (C=O) groups is 2. The van der Waals surface area contributed by atoms with Crippen molar-refractivity contribution in [3.8, 4) is 0 Å². The molecular formula is C20H24N2O2S. The van der Waals surface area contributed by atoms with Gasteiger partial charge < -0.3 is 10.6 Å². The minimum atomic E-state index is 0.00684. The Balaban J connectivity index is 1.46. The third-order valence-corrected chi connectivity index (χ3v) is 5.48. The summed E-state index contributed by atoms with van der Waals surface area (Å²) in [6.45, 7) is 0.575. The van der Waals surface area contributed by atoms with Crippen molar-refractivity contribution in [3.63, 3.8) is 0 Å². The second-order valence-corrected chi connectivity index (χ2v) is 7.59. The van der Waals surface area contributed by atoms with Gasteiger partial charge in [-0.25, -0.2) is 0 Å². The molecule has 1 aromatic heterocycles. The van der Waals surface area contributed by atoms with Gasteiger partial charge in [-0.3, -0.25) is 9.59 Å². The van der Waals surface area contributed by atoms with Crippen LogP contribution in [0.5, 0.6) is 0 Å². The van der Waals surface area contributed by atoms with Crippen LogP contribution in [0.25, 0.3) is 0 Å². The largest absolute Gasteiger partial charge is 0.351 e. The highest BCUT2D eigenvalue weighted by Crippen LogP contribution is 2.25. The number of nitrogens with one attached hydrogen (secondary N) is 2. The Morgan fingerprint density at radius 1 is 1.04 bits per heavy atom. The van der Waals surface area contributed by atoms with Crippen LogP contribution in [-0.4, -0.2) is 11.8 Å². The fraction of sp³-hybridized carbons (Fsp3) is 0.400. The molecule has 2 aromatic rings. The number of rotatable bonds is 6. The van der Waals surface area contributed by atoms with E-state index in [4.69, 9.17) is 0 Å². The van der Waals surface area contributed by atoms with Gasteiger partial charge >= 0.3 is 0 Å². The smallest absolute Gasteiger partial charge is 0.227 e. The predicted molar refractivity (Wildman–Crippen MR) is 102 cm³/mol. The Kier molecular flexibility index (Phi) is 6.23. The number of hydrogen-bond donors (Lipinski definition) is 2. The van der Waals surface area contributed by atoms with E-state index in [0.29, 0.717) is 13.0 Å². The molecule has 0 aliphatic heterocycles. The van der Waals surface area contributed by atoms with Gasteiger partial charge in [0.05, 0.1) is 13.0 Å². The van der Waals surface area contributed by atoms with Crippen molar-refractivity contribution in [3.05, 3.63) is 52.2 Å². The highest BCUT2D eigenvalue weighted by molar-refractivity contribution is 7.09. The van der Waals surface area contributed by atoms with Gasteiger partial charge in [-0.1, -0.05) is 37.5 Å². The van der Waals surface area contributed by atoms with E-state index in [9.17, 15) is 9.59 Å². The van der Waals surface area contributed by atoms with E-state index in [-0.39, 0.29) is 17.7 Å². The van der Waals surface area contributed by atoms with E-state index >= 15 is 0 Å². The second-order valence-electron chi connectivity index (χ2n) is 6.55. The van der Waals surface area contributed by atoms with Gasteiger partial charge in [0.15, 0.2) is 0 Å². The SMILES string of the molecule is O=C(Cc1ccc(NC(=O)C2CCCCC2)cc1)NCc1cccs1. The van der Waals surface area contributed by atoms with Crippen LogP contribution >= 0.6 is 11.3 Å². The molecule has 1 heterocycles. The fourth-order valence-corrected chi connectivity index (χ4v) is 3.81. The number of thiophene rings is 1. The van der Waals surface area contributed by atoms with Gasteiger partial charge in [-0.05, 0) is 42.0 Å². The number of anilines is 1. The summed E-state index contributed by atoms with van der Waals surface area (Å²) in [5.41, 5.74) is 1.75. The molecule has 0 radical (unpaired) electrons. The highest BCUT2D eigenvalue weighted by atomic mass is 32.1. The average Bonchev–Trinajstić information content (AvgIpc) is 3.16. The summed E-state index contributed by atoms with van der Waals surface area (Å²) in [7, 11) is 0. The van der Waals surface area contributed by atoms with Crippen molar-refractivity contribution in [2.45, 2.75) is 45.1 Å². The molecule has 1 fully saturated rings. The molecule has 1 aliphatic carbocycles. The molecule has 0 spiro atoms. The molecule has 1 aliphatic rings. The molecule has 5 heteroatoms. The van der Waals surface area contributed by atoms with Crippen LogP contribution in [0.2, 0.25) is 0 Å². The van der Waals surface area contributed by atoms with Gasteiger partial charge in [-0.2, -0.15) is 0 Å². The van der Waals surface area contributed by atoms with Crippen molar-refractivity contribution in [1.29, 1.82) is 0 Å². The highest BCUT2D eigenvalue weighted by Gasteiger charge is 2.20. The molecular weight excluding hydrogens is 332 g/mol. The lowest BCUT2D eigenvalue weighted by Gasteiger charge is -2.20. The molecule has 0 bridgehead atoms. The maximum atomic E-state index is 12.3. The van der Waals surface area contributed by atoms with E-state index < -0.39 is 0 Å². The third-order valence-electron chi connectivity index (χ3n) is 4.60. The molecule has 0 unspecified atom stereocenters. The summed E-state index contributed by atoms with van der Waals surface area (Å²) in [4.78, 5) is 25.4. The van der Waals surface area contributed by atoms with E-state index in [2.05, 4.69) is 10.6 Å². The Morgan fingerprint density at radius 3 is 2.48 bits per heavy atom. The fourth-order valence-electron chi connectivity index (χ4n) is 3.16. The predicted octanol–water partition coefficient (Wildman–Crippen LogP) is 4.13. The number of carbonyl (C=O) groups excluding carboxylic acids is 2. The first-order valence-electron chi connectivity index (χ1n) is 8.89. The van der Waals surface area contributed by atoms with Gasteiger partial charge in [0.1, 0.15) is 0 Å². The molecule has 25 heavy (non-hydrogen) atoms. The zero-order chi connectivity index (χ0) is 17.5. The number of hydrogen-bond acceptors (Lipinski definition) is 3. The molecule has 0 saturated heterocycles. The minimum absolute atomic E-state index is 0.00684. The van der Waals surface area contributed by atoms with Gasteiger partial charge in [0.25, 0.3) is 0 Å². The molecule has 1 saturated carbocycles. The first-order valence-corrected chi connectivity index (χ1v) is 9.77. The summed E-state index contributed by atoms with van der Waals surface area (Å²) < 4.78 is 0. The van der Waals surface area contributed by atoms with E-state index in [1.807, 2.05) is 41.8 Å². The standard InChI is InChI=1S/C20H24N2O2S/c23-19(21-14-18-7-4-12-25-18)13-15-8-10-17(11-9-15)22-20(24)16-5-2-1-3-6-16/h4,7-12,16H,1-3,5-6,13-14H2,(H,21,23)(H,22,24). The van der Waals surface area contributed by atoms with Crippen LogP contribution in [0.1, 0.15) is 42.5 Å². The third kappa shape index (κ3) is 5.43. The topological polar surface area (TPSA) is 58.2 Å². The van der Waals surface area contributed by atoms with Crippen molar-refractivity contribution in [1.82, 2.24) is 5.32 Å². The van der Waals surface area contributed by atoms with Crippen molar-refractivity contribution >= 4 is 28.8 Å². The van der Waals surface area contributed by atoms with Crippen LogP contribution in [0, 0.1) is 5.92 Å². The van der Waals surface area contributed by atoms with Crippen molar-refractivity contribution < 1.29 is 9.59 Å². The van der Waals surface area contributed by atoms with Gasteiger partial charge in [-0.15, -0.1) is 11.3 Å². The van der Waals surface area contributed by atoms with Crippen LogP contribution in [-0.2, 0) is 22.6 Å². The van der Waals surface area contributed by atoms with Crippen molar-refractivity contribution in [2.75, 3.05) is 5.32 Å². The Morgan fingerprint density at radius 2 is 1.80 bits per heavy atom. The van der Waals surface area contributed by atoms with E-state index in [0.717, 1.165) is 41.8 Å². The quantitative estimate of drug-likeness (QED) is 0.818. The molecule has 2 amide bonds. The molecule has 132 valence electrons. The summed E-state index contributed by atoms with van der Waals surface area (Å²) >= 11 is 1.64. The molecule has 0 atom stereocenters. The summed E-state index contributed by atoms with van der Waals surface area (Å²) in [6.07, 6.45) is 5.88. The first kappa shape index (κ1) is 17.7. The van der Waals surface area contributed by atoms with Gasteiger partial charge in [0.2, 0.25) is 11.8 Å². The lowest BCUT2D eigenvalue weighted by molar-refractivity contribution is -0.121. The first-order chi connectivity index (χ1) is 12.2. The van der Waals surface area contributed by atoms with Crippen LogP contribution < -0.4 is 10.6 Å². The van der Waals surface area contributed by atoms with Crippen LogP contribution in [0.4, 0.5) is 5.69 Å². The zero-order valence-electron chi connectivity index (χ0n) is 14.3. The summed E-state index contributed by atoms with van der Waals surface area (Å²) in [6, 6.07) is 11.6. The van der Waals surface area contributed by atoms with Crippen molar-refractivity contribution in [2.24, 2.45) is 5.92 Å². The maximum absolute atomic E-state index is 12.3. The molecule has 2 N–H and O–H groups in total. The monoisotopic (exact) mass is 356 g/mol. The maximum Gasteiger partial charge on any atom is 0.227 e. The van der Waals surface area contributed by atoms with E-state index in [1.165, 1.54) is 6.42 Å². The van der Waals surface area contributed by atoms with Crippen LogP contribution in [0.15, 0.2) is 41.8 Å². The average molecular weight is 356 g/mol. The summed E-state index contributed by atoms with van der Waals surface area (Å²) in [5.74, 6) is 0.282. The van der Waals surface area contributed by atoms with Crippen LogP contribution in [0.3, 0.4) is 0 Å². The van der Waals surface area contributed by atoms with E-state index in [1.54, 1.807) is 11.3 Å². The molecule has 4 nitrogen and oxygen atoms in total. The Hall–Kier alpha value is -2.14. The summed E-state index contributed by atoms with van der Waals surface area (Å²) in [5, 5.41) is 7.92. The molecule has 1 aromatic carbocycles. The second kappa shape index (κ2) is 8.81. The normalized spacial score (nSPS) is 14.9. The van der Waals surface area contributed by atoms with Gasteiger partial charge in [0, 0.05) is 16.5 Å².